The van der Waals surface area contributed by atoms with E-state index >= 15 is 0 Å². The van der Waals surface area contributed by atoms with Crippen LogP contribution in [-0.4, -0.2) is 19.3 Å². The second-order valence-corrected chi connectivity index (χ2v) is 7.69. The van der Waals surface area contributed by atoms with Gasteiger partial charge in [0.25, 0.3) is 0 Å². The Labute approximate surface area is 148 Å². The fourth-order valence-corrected chi connectivity index (χ4v) is 3.89. The Morgan fingerprint density at radius 2 is 2.00 bits per heavy atom. The van der Waals surface area contributed by atoms with E-state index in [-0.39, 0.29) is 6.10 Å². The summed E-state index contributed by atoms with van der Waals surface area (Å²) in [6.45, 7) is 7.33. The van der Waals surface area contributed by atoms with Crippen molar-refractivity contribution in [3.05, 3.63) is 21.3 Å². The standard InChI is InChI=1S/C18H28INO2/c1-12(2)22-18-15(19)9-14(10-17(18)21-4)11-20-16-8-6-5-7-13(16)3/h9-10,12-13,16,20H,5-8,11H2,1-4H3/t13-,16+/m0/s1. The number of nitrogens with one attached hydrogen (secondary N) is 1. The van der Waals surface area contributed by atoms with Gasteiger partial charge in [-0.2, -0.15) is 0 Å². The van der Waals surface area contributed by atoms with Crippen LogP contribution in [0.2, 0.25) is 0 Å². The van der Waals surface area contributed by atoms with E-state index in [4.69, 9.17) is 9.47 Å². The van der Waals surface area contributed by atoms with Gasteiger partial charge in [-0.25, -0.2) is 0 Å². The predicted molar refractivity (Wildman–Crippen MR) is 99.7 cm³/mol. The van der Waals surface area contributed by atoms with Crippen LogP contribution >= 0.6 is 22.6 Å². The zero-order valence-corrected chi connectivity index (χ0v) is 16.3. The summed E-state index contributed by atoms with van der Waals surface area (Å²) in [4.78, 5) is 0. The van der Waals surface area contributed by atoms with Crippen molar-refractivity contribution < 1.29 is 9.47 Å². The van der Waals surface area contributed by atoms with Crippen LogP contribution in [0.3, 0.4) is 0 Å². The van der Waals surface area contributed by atoms with Gasteiger partial charge in [-0.1, -0.05) is 19.8 Å². The quantitative estimate of drug-likeness (QED) is 0.678. The molecule has 1 aromatic carbocycles. The van der Waals surface area contributed by atoms with Gasteiger partial charge in [0.1, 0.15) is 0 Å². The summed E-state index contributed by atoms with van der Waals surface area (Å²) in [5, 5.41) is 3.73. The fourth-order valence-electron chi connectivity index (χ4n) is 3.09. The third-order valence-electron chi connectivity index (χ3n) is 4.32. The van der Waals surface area contributed by atoms with Crippen LogP contribution in [-0.2, 0) is 6.54 Å². The molecule has 4 heteroatoms. The van der Waals surface area contributed by atoms with Crippen LogP contribution in [0, 0.1) is 9.49 Å². The predicted octanol–water partition coefficient (Wildman–Crippen LogP) is 4.76. The Morgan fingerprint density at radius 1 is 1.27 bits per heavy atom. The zero-order valence-electron chi connectivity index (χ0n) is 14.1. The van der Waals surface area contributed by atoms with E-state index in [1.165, 1.54) is 31.2 Å². The van der Waals surface area contributed by atoms with Gasteiger partial charge < -0.3 is 14.8 Å². The van der Waals surface area contributed by atoms with E-state index in [0.29, 0.717) is 6.04 Å². The Kier molecular flexibility index (Phi) is 6.81. The summed E-state index contributed by atoms with van der Waals surface area (Å²) in [6, 6.07) is 4.94. The van der Waals surface area contributed by atoms with Gasteiger partial charge in [-0.15, -0.1) is 0 Å². The van der Waals surface area contributed by atoms with Crippen LogP contribution in [0.25, 0.3) is 0 Å². The molecule has 2 atom stereocenters. The van der Waals surface area contributed by atoms with Crippen molar-refractivity contribution in [2.45, 2.75) is 65.1 Å². The van der Waals surface area contributed by atoms with E-state index in [0.717, 1.165) is 27.5 Å². The molecule has 0 spiro atoms. The zero-order chi connectivity index (χ0) is 16.1. The molecule has 1 fully saturated rings. The summed E-state index contributed by atoms with van der Waals surface area (Å²) in [5.41, 5.74) is 1.26. The highest BCUT2D eigenvalue weighted by atomic mass is 127. The molecule has 124 valence electrons. The van der Waals surface area contributed by atoms with Gasteiger partial charge in [0, 0.05) is 12.6 Å². The fraction of sp³-hybridized carbons (Fsp3) is 0.667. The lowest BCUT2D eigenvalue weighted by Gasteiger charge is -2.29. The first-order valence-corrected chi connectivity index (χ1v) is 9.35. The first kappa shape index (κ1) is 17.9. The maximum Gasteiger partial charge on any atom is 0.174 e. The molecule has 1 aliphatic rings. The third-order valence-corrected chi connectivity index (χ3v) is 5.12. The molecule has 1 aromatic rings. The number of hydrogen-bond donors (Lipinski definition) is 1. The number of hydrogen-bond acceptors (Lipinski definition) is 3. The van der Waals surface area contributed by atoms with Crippen molar-refractivity contribution >= 4 is 22.6 Å². The molecule has 0 saturated heterocycles. The van der Waals surface area contributed by atoms with E-state index in [1.807, 2.05) is 13.8 Å². The van der Waals surface area contributed by atoms with Gasteiger partial charge in [0.05, 0.1) is 16.8 Å². The summed E-state index contributed by atoms with van der Waals surface area (Å²) >= 11 is 2.33. The van der Waals surface area contributed by atoms with Crippen molar-refractivity contribution in [2.75, 3.05) is 7.11 Å². The van der Waals surface area contributed by atoms with Gasteiger partial charge in [-0.3, -0.25) is 0 Å². The molecule has 0 aromatic heterocycles. The summed E-state index contributed by atoms with van der Waals surface area (Å²) in [5.74, 6) is 2.46. The normalized spacial score (nSPS) is 21.9. The van der Waals surface area contributed by atoms with E-state index in [2.05, 4.69) is 47.0 Å². The molecule has 0 aliphatic heterocycles. The molecule has 1 aliphatic carbocycles. The summed E-state index contributed by atoms with van der Waals surface area (Å²) in [6.07, 6.45) is 5.52. The second-order valence-electron chi connectivity index (χ2n) is 6.52. The van der Waals surface area contributed by atoms with Gasteiger partial charge >= 0.3 is 0 Å². The minimum absolute atomic E-state index is 0.148. The first-order chi connectivity index (χ1) is 10.5. The maximum absolute atomic E-state index is 5.88. The number of benzene rings is 1. The Hall–Kier alpha value is -0.490. The van der Waals surface area contributed by atoms with Crippen molar-refractivity contribution in [1.82, 2.24) is 5.32 Å². The molecule has 2 rings (SSSR count). The largest absolute Gasteiger partial charge is 0.493 e. The van der Waals surface area contributed by atoms with Crippen LogP contribution in [0.1, 0.15) is 52.0 Å². The van der Waals surface area contributed by atoms with Gasteiger partial charge in [-0.05, 0) is 72.9 Å². The van der Waals surface area contributed by atoms with Crippen LogP contribution < -0.4 is 14.8 Å². The van der Waals surface area contributed by atoms with Crippen LogP contribution in [0.5, 0.6) is 11.5 Å². The monoisotopic (exact) mass is 417 g/mol. The third kappa shape index (κ3) is 4.75. The molecule has 22 heavy (non-hydrogen) atoms. The molecule has 3 nitrogen and oxygen atoms in total. The Morgan fingerprint density at radius 3 is 2.64 bits per heavy atom. The van der Waals surface area contributed by atoms with E-state index in [9.17, 15) is 0 Å². The van der Waals surface area contributed by atoms with Crippen LogP contribution in [0.4, 0.5) is 0 Å². The number of rotatable bonds is 6. The molecule has 0 unspecified atom stereocenters. The van der Waals surface area contributed by atoms with Crippen molar-refractivity contribution in [2.24, 2.45) is 5.92 Å². The minimum atomic E-state index is 0.148. The topological polar surface area (TPSA) is 30.5 Å². The SMILES string of the molecule is COc1cc(CN[C@@H]2CCCC[C@@H]2C)cc(I)c1OC(C)C. The Bertz CT molecular complexity index is 490. The number of methoxy groups -OCH3 is 1. The number of halogens is 1. The molecule has 1 saturated carbocycles. The lowest BCUT2D eigenvalue weighted by molar-refractivity contribution is 0.228. The Balaban J connectivity index is 2.06. The lowest BCUT2D eigenvalue weighted by Crippen LogP contribution is -2.36. The summed E-state index contributed by atoms with van der Waals surface area (Å²) in [7, 11) is 1.71. The first-order valence-electron chi connectivity index (χ1n) is 8.27. The van der Waals surface area contributed by atoms with Crippen molar-refractivity contribution in [3.8, 4) is 11.5 Å². The van der Waals surface area contributed by atoms with Crippen molar-refractivity contribution in [3.63, 3.8) is 0 Å². The highest BCUT2D eigenvalue weighted by Crippen LogP contribution is 2.35. The van der Waals surface area contributed by atoms with Crippen molar-refractivity contribution in [1.29, 1.82) is 0 Å². The molecule has 0 radical (unpaired) electrons. The molecule has 0 bridgehead atoms. The molecule has 0 amide bonds. The minimum Gasteiger partial charge on any atom is -0.493 e. The number of ether oxygens (including phenoxy) is 2. The molecular weight excluding hydrogens is 389 g/mol. The van der Waals surface area contributed by atoms with Gasteiger partial charge in [0.15, 0.2) is 11.5 Å². The highest BCUT2D eigenvalue weighted by Gasteiger charge is 2.21. The highest BCUT2D eigenvalue weighted by molar-refractivity contribution is 14.1. The van der Waals surface area contributed by atoms with E-state index in [1.54, 1.807) is 7.11 Å². The van der Waals surface area contributed by atoms with Crippen LogP contribution in [0.15, 0.2) is 12.1 Å². The average molecular weight is 417 g/mol. The summed E-state index contributed by atoms with van der Waals surface area (Å²) < 4.78 is 12.5. The molecule has 1 N–H and O–H groups in total. The maximum atomic E-state index is 5.88. The smallest absolute Gasteiger partial charge is 0.174 e. The molecular formula is C18H28INO2. The molecule has 0 heterocycles. The van der Waals surface area contributed by atoms with E-state index < -0.39 is 0 Å². The lowest BCUT2D eigenvalue weighted by atomic mass is 9.86. The second kappa shape index (κ2) is 8.39. The average Bonchev–Trinajstić information content (AvgIpc) is 2.48. The van der Waals surface area contributed by atoms with Gasteiger partial charge in [0.2, 0.25) is 0 Å².